The van der Waals surface area contributed by atoms with E-state index in [9.17, 15) is 9.59 Å². The highest BCUT2D eigenvalue weighted by atomic mass is 16.4. The first-order valence-electron chi connectivity index (χ1n) is 7.96. The zero-order valence-electron chi connectivity index (χ0n) is 13.5. The number of nitrogens with zero attached hydrogens (tertiary/aromatic N) is 1. The van der Waals surface area contributed by atoms with Crippen LogP contribution in [0.4, 0.5) is 0 Å². The van der Waals surface area contributed by atoms with Crippen LogP contribution in [-0.4, -0.2) is 35.0 Å². The molecule has 0 saturated carbocycles. The fraction of sp³-hybridized carbons (Fsp3) is 0.263. The molecular weight excluding hydrogens is 304 g/mol. The molecule has 0 saturated heterocycles. The Bertz CT molecular complexity index is 603. The number of benzene rings is 2. The molecule has 126 valence electrons. The highest BCUT2D eigenvalue weighted by Crippen LogP contribution is 2.10. The van der Waals surface area contributed by atoms with Crippen LogP contribution >= 0.6 is 0 Å². The Morgan fingerprint density at radius 3 is 1.83 bits per heavy atom. The van der Waals surface area contributed by atoms with Crippen LogP contribution < -0.4 is 5.32 Å². The van der Waals surface area contributed by atoms with Gasteiger partial charge in [0.1, 0.15) is 0 Å². The van der Waals surface area contributed by atoms with Crippen LogP contribution in [0.15, 0.2) is 60.7 Å². The lowest BCUT2D eigenvalue weighted by Gasteiger charge is -2.22. The van der Waals surface area contributed by atoms with Gasteiger partial charge in [0.2, 0.25) is 0 Å². The molecule has 0 aliphatic rings. The van der Waals surface area contributed by atoms with E-state index in [2.05, 4.69) is 34.5 Å². The molecule has 2 aromatic rings. The number of carboxylic acids is 1. The quantitative estimate of drug-likeness (QED) is 0.577. The van der Waals surface area contributed by atoms with Gasteiger partial charge in [-0.15, -0.1) is 0 Å². The number of rotatable bonds is 8. The van der Waals surface area contributed by atoms with Crippen LogP contribution in [0.25, 0.3) is 0 Å². The molecule has 0 fully saturated rings. The van der Waals surface area contributed by atoms with E-state index in [1.807, 2.05) is 36.4 Å². The minimum atomic E-state index is -1.44. The molecule has 5 nitrogen and oxygen atoms in total. The van der Waals surface area contributed by atoms with E-state index >= 15 is 0 Å². The third kappa shape index (κ3) is 6.22. The molecule has 0 aliphatic heterocycles. The monoisotopic (exact) mass is 326 g/mol. The fourth-order valence-corrected chi connectivity index (χ4v) is 2.48. The Hall–Kier alpha value is -2.66. The molecule has 0 bridgehead atoms. The average Bonchev–Trinajstić information content (AvgIpc) is 2.60. The number of carbonyl (C=O) groups excluding carboxylic acids is 1. The van der Waals surface area contributed by atoms with Crippen LogP contribution in [0.1, 0.15) is 17.5 Å². The van der Waals surface area contributed by atoms with Crippen molar-refractivity contribution < 1.29 is 14.7 Å². The van der Waals surface area contributed by atoms with E-state index in [1.54, 1.807) is 0 Å². The van der Waals surface area contributed by atoms with Crippen LogP contribution in [0.2, 0.25) is 0 Å². The van der Waals surface area contributed by atoms with E-state index in [0.29, 0.717) is 13.0 Å². The molecule has 0 unspecified atom stereocenters. The molecule has 0 aliphatic carbocycles. The van der Waals surface area contributed by atoms with Crippen LogP contribution in [0.5, 0.6) is 0 Å². The standard InChI is InChI=1S/C19H22N2O3/c22-18(19(23)24)20-12-7-13-21(14-16-8-3-1-4-9-16)15-17-10-5-2-6-11-17/h1-6,8-11H,7,12-15H2,(H,20,22)(H,23,24). The second kappa shape index (κ2) is 9.47. The summed E-state index contributed by atoms with van der Waals surface area (Å²) in [6.45, 7) is 2.74. The zero-order chi connectivity index (χ0) is 17.2. The maximum atomic E-state index is 11.0. The number of amides is 1. The summed E-state index contributed by atoms with van der Waals surface area (Å²) >= 11 is 0. The van der Waals surface area contributed by atoms with Crippen molar-refractivity contribution in [3.63, 3.8) is 0 Å². The molecule has 1 amide bonds. The third-order valence-electron chi connectivity index (χ3n) is 3.63. The van der Waals surface area contributed by atoms with Crippen LogP contribution in [0, 0.1) is 0 Å². The minimum absolute atomic E-state index is 0.352. The highest BCUT2D eigenvalue weighted by molar-refractivity contribution is 6.31. The molecule has 2 rings (SSSR count). The van der Waals surface area contributed by atoms with Gasteiger partial charge < -0.3 is 10.4 Å². The second-order valence-electron chi connectivity index (χ2n) is 5.60. The Balaban J connectivity index is 1.90. The van der Waals surface area contributed by atoms with E-state index < -0.39 is 11.9 Å². The Kier molecular flexibility index (Phi) is 6.98. The zero-order valence-corrected chi connectivity index (χ0v) is 13.5. The first-order valence-corrected chi connectivity index (χ1v) is 7.96. The molecule has 2 aromatic carbocycles. The first-order chi connectivity index (χ1) is 11.6. The number of hydrogen-bond acceptors (Lipinski definition) is 3. The summed E-state index contributed by atoms with van der Waals surface area (Å²) < 4.78 is 0. The van der Waals surface area contributed by atoms with E-state index in [0.717, 1.165) is 19.6 Å². The predicted molar refractivity (Wildman–Crippen MR) is 92.3 cm³/mol. The molecular formula is C19H22N2O3. The first kappa shape index (κ1) is 17.7. The number of nitrogens with one attached hydrogen (secondary N) is 1. The summed E-state index contributed by atoms with van der Waals surface area (Å²) in [4.78, 5) is 23.8. The SMILES string of the molecule is O=C(O)C(=O)NCCCN(Cc1ccccc1)Cc1ccccc1. The highest BCUT2D eigenvalue weighted by Gasteiger charge is 2.11. The number of hydrogen-bond donors (Lipinski definition) is 2. The minimum Gasteiger partial charge on any atom is -0.474 e. The summed E-state index contributed by atoms with van der Waals surface area (Å²) in [5.74, 6) is -2.40. The number of aliphatic carboxylic acids is 1. The van der Waals surface area contributed by atoms with Crippen molar-refractivity contribution in [2.75, 3.05) is 13.1 Å². The number of carbonyl (C=O) groups is 2. The van der Waals surface area contributed by atoms with Crippen molar-refractivity contribution in [3.8, 4) is 0 Å². The van der Waals surface area contributed by atoms with E-state index in [1.165, 1.54) is 11.1 Å². The van der Waals surface area contributed by atoms with Gasteiger partial charge in [-0.2, -0.15) is 0 Å². The summed E-state index contributed by atoms with van der Waals surface area (Å²) in [6, 6.07) is 20.4. The molecule has 0 atom stereocenters. The average molecular weight is 326 g/mol. The summed E-state index contributed by atoms with van der Waals surface area (Å²) in [5, 5.41) is 11.0. The maximum absolute atomic E-state index is 11.0. The lowest BCUT2D eigenvalue weighted by Crippen LogP contribution is -2.33. The molecule has 2 N–H and O–H groups in total. The maximum Gasteiger partial charge on any atom is 0.394 e. The Morgan fingerprint density at radius 2 is 1.38 bits per heavy atom. The van der Waals surface area contributed by atoms with Gasteiger partial charge in [0.05, 0.1) is 0 Å². The van der Waals surface area contributed by atoms with Crippen molar-refractivity contribution >= 4 is 11.9 Å². The van der Waals surface area contributed by atoms with Gasteiger partial charge in [0.15, 0.2) is 0 Å². The van der Waals surface area contributed by atoms with Gasteiger partial charge in [-0.1, -0.05) is 60.7 Å². The van der Waals surface area contributed by atoms with Gasteiger partial charge in [0, 0.05) is 26.2 Å². The van der Waals surface area contributed by atoms with Gasteiger partial charge >= 0.3 is 11.9 Å². The fourth-order valence-electron chi connectivity index (χ4n) is 2.48. The Morgan fingerprint density at radius 1 is 0.875 bits per heavy atom. The normalized spacial score (nSPS) is 10.5. The van der Waals surface area contributed by atoms with E-state index in [-0.39, 0.29) is 0 Å². The topological polar surface area (TPSA) is 69.6 Å². The van der Waals surface area contributed by atoms with Crippen molar-refractivity contribution in [2.24, 2.45) is 0 Å². The number of carboxylic acid groups (broad SMARTS) is 1. The molecule has 0 radical (unpaired) electrons. The molecule has 0 aromatic heterocycles. The molecule has 24 heavy (non-hydrogen) atoms. The second-order valence-corrected chi connectivity index (χ2v) is 5.60. The van der Waals surface area contributed by atoms with Crippen molar-refractivity contribution in [1.82, 2.24) is 10.2 Å². The van der Waals surface area contributed by atoms with Crippen LogP contribution in [-0.2, 0) is 22.7 Å². The van der Waals surface area contributed by atoms with Gasteiger partial charge in [0.25, 0.3) is 0 Å². The third-order valence-corrected chi connectivity index (χ3v) is 3.63. The van der Waals surface area contributed by atoms with Crippen molar-refractivity contribution in [1.29, 1.82) is 0 Å². The summed E-state index contributed by atoms with van der Waals surface area (Å²) in [6.07, 6.45) is 0.693. The van der Waals surface area contributed by atoms with Gasteiger partial charge in [-0.25, -0.2) is 4.79 Å². The lowest BCUT2D eigenvalue weighted by molar-refractivity contribution is -0.150. The van der Waals surface area contributed by atoms with E-state index in [4.69, 9.17) is 5.11 Å². The molecule has 0 spiro atoms. The van der Waals surface area contributed by atoms with Crippen molar-refractivity contribution in [2.45, 2.75) is 19.5 Å². The Labute approximate surface area is 141 Å². The van der Waals surface area contributed by atoms with Gasteiger partial charge in [-0.3, -0.25) is 9.69 Å². The van der Waals surface area contributed by atoms with Crippen molar-refractivity contribution in [3.05, 3.63) is 71.8 Å². The van der Waals surface area contributed by atoms with Gasteiger partial charge in [-0.05, 0) is 17.5 Å². The largest absolute Gasteiger partial charge is 0.474 e. The lowest BCUT2D eigenvalue weighted by atomic mass is 10.1. The molecule has 5 heteroatoms. The predicted octanol–water partition coefficient (Wildman–Crippen LogP) is 2.28. The summed E-state index contributed by atoms with van der Waals surface area (Å²) in [7, 11) is 0. The van der Waals surface area contributed by atoms with Crippen LogP contribution in [0.3, 0.4) is 0 Å². The summed E-state index contributed by atoms with van der Waals surface area (Å²) in [5.41, 5.74) is 2.45. The molecule has 0 heterocycles. The smallest absolute Gasteiger partial charge is 0.394 e.